The van der Waals surface area contributed by atoms with Gasteiger partial charge in [-0.1, -0.05) is 51.0 Å². The molecule has 2 aromatic rings. The summed E-state index contributed by atoms with van der Waals surface area (Å²) in [4.78, 5) is 11.7. The van der Waals surface area contributed by atoms with Crippen molar-refractivity contribution in [1.29, 1.82) is 0 Å². The summed E-state index contributed by atoms with van der Waals surface area (Å²) in [7, 11) is 0. The SMILES string of the molecule is CCCC(=O)Oc1ccc2cc([C@H]3CC[C@H](CCC)CC3)ccc2c1. The van der Waals surface area contributed by atoms with Crippen molar-refractivity contribution in [1.82, 2.24) is 0 Å². The Morgan fingerprint density at radius 2 is 1.68 bits per heavy atom. The molecule has 0 amide bonds. The van der Waals surface area contributed by atoms with E-state index in [1.807, 2.05) is 19.1 Å². The van der Waals surface area contributed by atoms with E-state index >= 15 is 0 Å². The van der Waals surface area contributed by atoms with Crippen LogP contribution >= 0.6 is 0 Å². The molecule has 0 radical (unpaired) electrons. The molecule has 1 aliphatic rings. The first-order valence-electron chi connectivity index (χ1n) is 9.94. The highest BCUT2D eigenvalue weighted by Gasteiger charge is 2.21. The monoisotopic (exact) mass is 338 g/mol. The maximum Gasteiger partial charge on any atom is 0.311 e. The third-order valence-electron chi connectivity index (χ3n) is 5.54. The van der Waals surface area contributed by atoms with Crippen molar-refractivity contribution in [2.45, 2.75) is 71.1 Å². The fourth-order valence-electron chi connectivity index (χ4n) is 4.14. The Morgan fingerprint density at radius 1 is 0.960 bits per heavy atom. The normalized spacial score (nSPS) is 20.6. The van der Waals surface area contributed by atoms with E-state index in [1.54, 1.807) is 0 Å². The molecule has 2 heteroatoms. The van der Waals surface area contributed by atoms with Gasteiger partial charge in [0.15, 0.2) is 0 Å². The molecule has 0 saturated heterocycles. The van der Waals surface area contributed by atoms with Crippen LogP contribution in [0.1, 0.15) is 76.7 Å². The lowest BCUT2D eigenvalue weighted by molar-refractivity contribution is -0.134. The van der Waals surface area contributed by atoms with Crippen molar-refractivity contribution in [3.8, 4) is 5.75 Å². The number of rotatable bonds is 6. The number of hydrogen-bond acceptors (Lipinski definition) is 2. The van der Waals surface area contributed by atoms with E-state index in [0.717, 1.165) is 17.7 Å². The number of carbonyl (C=O) groups is 1. The Morgan fingerprint density at radius 3 is 2.40 bits per heavy atom. The van der Waals surface area contributed by atoms with Crippen molar-refractivity contribution < 1.29 is 9.53 Å². The van der Waals surface area contributed by atoms with Gasteiger partial charge in [0.1, 0.15) is 5.75 Å². The summed E-state index contributed by atoms with van der Waals surface area (Å²) in [5, 5.41) is 2.38. The van der Waals surface area contributed by atoms with E-state index < -0.39 is 0 Å². The minimum atomic E-state index is -0.151. The summed E-state index contributed by atoms with van der Waals surface area (Å²) < 4.78 is 5.41. The standard InChI is InChI=1S/C23H30O2/c1-3-5-17-7-9-18(10-8-17)19-11-12-21-16-22(14-13-20(21)15-19)25-23(24)6-4-2/h11-18H,3-10H2,1-2H3/t17-,18-. The first kappa shape index (κ1) is 18.0. The summed E-state index contributed by atoms with van der Waals surface area (Å²) in [6.45, 7) is 4.28. The van der Waals surface area contributed by atoms with Crippen LogP contribution in [-0.4, -0.2) is 5.97 Å². The van der Waals surface area contributed by atoms with Gasteiger partial charge in [-0.05, 0) is 72.4 Å². The molecule has 0 spiro atoms. The Bertz CT molecular complexity index is 711. The van der Waals surface area contributed by atoms with Crippen molar-refractivity contribution in [2.24, 2.45) is 5.92 Å². The van der Waals surface area contributed by atoms with Crippen molar-refractivity contribution in [3.63, 3.8) is 0 Å². The van der Waals surface area contributed by atoms with E-state index in [2.05, 4.69) is 31.2 Å². The molecule has 0 bridgehead atoms. The number of ether oxygens (including phenoxy) is 1. The van der Waals surface area contributed by atoms with Crippen LogP contribution in [0.4, 0.5) is 0 Å². The molecule has 1 aliphatic carbocycles. The van der Waals surface area contributed by atoms with E-state index in [0.29, 0.717) is 18.1 Å². The number of hydrogen-bond donors (Lipinski definition) is 0. The second kappa shape index (κ2) is 8.51. The molecule has 2 nitrogen and oxygen atoms in total. The van der Waals surface area contributed by atoms with Gasteiger partial charge in [-0.2, -0.15) is 0 Å². The highest BCUT2D eigenvalue weighted by molar-refractivity contribution is 5.85. The van der Waals surface area contributed by atoms with Crippen LogP contribution in [0.15, 0.2) is 36.4 Å². The molecule has 3 rings (SSSR count). The molecule has 0 aromatic heterocycles. The first-order chi connectivity index (χ1) is 12.2. The van der Waals surface area contributed by atoms with Gasteiger partial charge in [-0.15, -0.1) is 0 Å². The number of benzene rings is 2. The fourth-order valence-corrected chi connectivity index (χ4v) is 4.14. The molecule has 0 N–H and O–H groups in total. The molecule has 0 aliphatic heterocycles. The van der Waals surface area contributed by atoms with Crippen LogP contribution in [0.2, 0.25) is 0 Å². The van der Waals surface area contributed by atoms with Gasteiger partial charge in [0.05, 0.1) is 0 Å². The maximum absolute atomic E-state index is 11.7. The average molecular weight is 338 g/mol. The quantitative estimate of drug-likeness (QED) is 0.437. The summed E-state index contributed by atoms with van der Waals surface area (Å²) in [6.07, 6.45) is 9.39. The van der Waals surface area contributed by atoms with Crippen LogP contribution in [0.25, 0.3) is 10.8 Å². The van der Waals surface area contributed by atoms with Crippen LogP contribution in [-0.2, 0) is 4.79 Å². The van der Waals surface area contributed by atoms with Crippen LogP contribution < -0.4 is 4.74 Å². The van der Waals surface area contributed by atoms with Crippen molar-refractivity contribution in [3.05, 3.63) is 42.0 Å². The van der Waals surface area contributed by atoms with Crippen LogP contribution in [0.5, 0.6) is 5.75 Å². The summed E-state index contributed by atoms with van der Waals surface area (Å²) in [5.74, 6) is 2.16. The summed E-state index contributed by atoms with van der Waals surface area (Å²) >= 11 is 0. The minimum absolute atomic E-state index is 0.151. The van der Waals surface area contributed by atoms with E-state index in [1.165, 1.54) is 49.5 Å². The molecule has 25 heavy (non-hydrogen) atoms. The Kier molecular flexibility index (Phi) is 6.12. The Balaban J connectivity index is 1.70. The average Bonchev–Trinajstić information content (AvgIpc) is 2.62. The van der Waals surface area contributed by atoms with Crippen molar-refractivity contribution in [2.75, 3.05) is 0 Å². The molecule has 1 saturated carbocycles. The smallest absolute Gasteiger partial charge is 0.311 e. The first-order valence-corrected chi connectivity index (χ1v) is 9.94. The van der Waals surface area contributed by atoms with Crippen LogP contribution in [0.3, 0.4) is 0 Å². The van der Waals surface area contributed by atoms with Gasteiger partial charge < -0.3 is 4.74 Å². The van der Waals surface area contributed by atoms with E-state index in [9.17, 15) is 4.79 Å². The molecule has 0 atom stereocenters. The third-order valence-corrected chi connectivity index (χ3v) is 5.54. The maximum atomic E-state index is 11.7. The predicted molar refractivity (Wildman–Crippen MR) is 104 cm³/mol. The highest BCUT2D eigenvalue weighted by atomic mass is 16.5. The van der Waals surface area contributed by atoms with Crippen LogP contribution in [0, 0.1) is 5.92 Å². The zero-order valence-corrected chi connectivity index (χ0v) is 15.6. The Labute approximate surface area is 151 Å². The number of fused-ring (bicyclic) bond motifs is 1. The lowest BCUT2D eigenvalue weighted by Gasteiger charge is -2.28. The van der Waals surface area contributed by atoms with Gasteiger partial charge >= 0.3 is 5.97 Å². The molecular formula is C23H30O2. The number of carbonyl (C=O) groups excluding carboxylic acids is 1. The van der Waals surface area contributed by atoms with Crippen molar-refractivity contribution >= 4 is 16.7 Å². The topological polar surface area (TPSA) is 26.3 Å². The molecule has 1 fully saturated rings. The van der Waals surface area contributed by atoms with Gasteiger partial charge in [0.2, 0.25) is 0 Å². The second-order valence-corrected chi connectivity index (χ2v) is 7.50. The zero-order valence-electron chi connectivity index (χ0n) is 15.6. The number of esters is 1. The van der Waals surface area contributed by atoms with Gasteiger partial charge in [0, 0.05) is 6.42 Å². The highest BCUT2D eigenvalue weighted by Crippen LogP contribution is 2.38. The van der Waals surface area contributed by atoms with Gasteiger partial charge in [0.25, 0.3) is 0 Å². The zero-order chi connectivity index (χ0) is 17.6. The molecule has 0 unspecified atom stereocenters. The summed E-state index contributed by atoms with van der Waals surface area (Å²) in [6, 6.07) is 12.8. The molecule has 0 heterocycles. The van der Waals surface area contributed by atoms with Gasteiger partial charge in [-0.3, -0.25) is 4.79 Å². The minimum Gasteiger partial charge on any atom is -0.427 e. The Hall–Kier alpha value is -1.83. The molecular weight excluding hydrogens is 308 g/mol. The van der Waals surface area contributed by atoms with E-state index in [4.69, 9.17) is 4.74 Å². The molecule has 134 valence electrons. The van der Waals surface area contributed by atoms with Gasteiger partial charge in [-0.25, -0.2) is 0 Å². The predicted octanol–water partition coefficient (Wildman–Crippen LogP) is 6.62. The molecule has 2 aromatic carbocycles. The largest absolute Gasteiger partial charge is 0.427 e. The second-order valence-electron chi connectivity index (χ2n) is 7.50. The summed E-state index contributed by atoms with van der Waals surface area (Å²) in [5.41, 5.74) is 1.47. The fraction of sp³-hybridized carbons (Fsp3) is 0.522. The third kappa shape index (κ3) is 4.62. The van der Waals surface area contributed by atoms with E-state index in [-0.39, 0.29) is 5.97 Å². The lowest BCUT2D eigenvalue weighted by atomic mass is 9.77. The lowest BCUT2D eigenvalue weighted by Crippen LogP contribution is -2.13.